The number of hydrogen-bond donors (Lipinski definition) is 0. The van der Waals surface area contributed by atoms with Crippen molar-refractivity contribution in [2.45, 2.75) is 70.8 Å². The predicted octanol–water partition coefficient (Wildman–Crippen LogP) is 3.46. The molecule has 0 spiro atoms. The molecule has 1 heterocycles. The number of carbonyl (C=O) groups is 1. The van der Waals surface area contributed by atoms with Crippen molar-refractivity contribution in [3.8, 4) is 0 Å². The van der Waals surface area contributed by atoms with E-state index in [1.165, 1.54) is 32.1 Å². The lowest BCUT2D eigenvalue weighted by molar-refractivity contribution is -0.142. The Bertz CT molecular complexity index is 204. The summed E-state index contributed by atoms with van der Waals surface area (Å²) >= 11 is 0. The van der Waals surface area contributed by atoms with Crippen LogP contribution in [0.4, 0.5) is 0 Å². The molecule has 1 aliphatic rings. The minimum atomic E-state index is -0.0735. The Morgan fingerprint density at radius 1 is 1.18 bits per heavy atom. The molecular weight excluding hydrogens is 216 g/mol. The molecule has 1 fully saturated rings. The monoisotopic (exact) mass is 242 g/mol. The van der Waals surface area contributed by atoms with E-state index in [0.29, 0.717) is 13.0 Å². The summed E-state index contributed by atoms with van der Waals surface area (Å²) < 4.78 is 10.8. The van der Waals surface area contributed by atoms with Crippen LogP contribution >= 0.6 is 0 Å². The van der Waals surface area contributed by atoms with Crippen LogP contribution in [0.3, 0.4) is 0 Å². The Kier molecular flexibility index (Phi) is 8.06. The number of esters is 1. The van der Waals surface area contributed by atoms with Crippen LogP contribution in [0.15, 0.2) is 0 Å². The fourth-order valence-corrected chi connectivity index (χ4v) is 2.10. The number of carbonyl (C=O) groups excluding carboxylic acids is 1. The Balaban J connectivity index is 1.93. The molecule has 1 unspecified atom stereocenters. The lowest BCUT2D eigenvalue weighted by atomic mass is 10.1. The van der Waals surface area contributed by atoms with E-state index in [1.54, 1.807) is 0 Å². The third-order valence-electron chi connectivity index (χ3n) is 3.22. The van der Waals surface area contributed by atoms with Gasteiger partial charge in [0.1, 0.15) is 0 Å². The van der Waals surface area contributed by atoms with Crippen molar-refractivity contribution in [3.63, 3.8) is 0 Å². The predicted molar refractivity (Wildman–Crippen MR) is 67.9 cm³/mol. The molecule has 3 heteroatoms. The summed E-state index contributed by atoms with van der Waals surface area (Å²) in [6.45, 7) is 3.60. The number of hydrogen-bond acceptors (Lipinski definition) is 3. The lowest BCUT2D eigenvalue weighted by Gasteiger charge is -2.13. The van der Waals surface area contributed by atoms with E-state index >= 15 is 0 Å². The van der Waals surface area contributed by atoms with Crippen LogP contribution in [0.1, 0.15) is 64.7 Å². The van der Waals surface area contributed by atoms with E-state index in [1.807, 2.05) is 0 Å². The largest absolute Gasteiger partial charge is 0.466 e. The molecule has 0 aromatic heterocycles. The molecule has 100 valence electrons. The summed E-state index contributed by atoms with van der Waals surface area (Å²) in [5.41, 5.74) is 0. The zero-order chi connectivity index (χ0) is 12.3. The third kappa shape index (κ3) is 7.37. The molecule has 0 aliphatic carbocycles. The molecule has 1 atom stereocenters. The van der Waals surface area contributed by atoms with Gasteiger partial charge in [-0.3, -0.25) is 4.79 Å². The summed E-state index contributed by atoms with van der Waals surface area (Å²) in [6.07, 6.45) is 10.2. The SMILES string of the molecule is CCCCCCCCOC1CCOC(=O)CC1. The van der Waals surface area contributed by atoms with Crippen LogP contribution in [0, 0.1) is 0 Å². The zero-order valence-corrected chi connectivity index (χ0v) is 11.1. The van der Waals surface area contributed by atoms with Crippen molar-refractivity contribution in [2.75, 3.05) is 13.2 Å². The fraction of sp³-hybridized carbons (Fsp3) is 0.929. The van der Waals surface area contributed by atoms with Gasteiger partial charge in [0.15, 0.2) is 0 Å². The van der Waals surface area contributed by atoms with Gasteiger partial charge in [-0.15, -0.1) is 0 Å². The zero-order valence-electron chi connectivity index (χ0n) is 11.1. The Labute approximate surface area is 105 Å². The average Bonchev–Trinajstić information content (AvgIpc) is 2.53. The van der Waals surface area contributed by atoms with Crippen molar-refractivity contribution in [2.24, 2.45) is 0 Å². The molecule has 0 N–H and O–H groups in total. The molecule has 0 saturated carbocycles. The highest BCUT2D eigenvalue weighted by Crippen LogP contribution is 2.14. The average molecular weight is 242 g/mol. The summed E-state index contributed by atoms with van der Waals surface area (Å²) in [6, 6.07) is 0. The maximum atomic E-state index is 11.0. The standard InChI is InChI=1S/C14H26O3/c1-2-3-4-5-6-7-11-16-13-8-9-14(15)17-12-10-13/h13H,2-12H2,1H3. The summed E-state index contributed by atoms with van der Waals surface area (Å²) in [5.74, 6) is -0.0735. The molecule has 0 radical (unpaired) electrons. The minimum absolute atomic E-state index is 0.0735. The van der Waals surface area contributed by atoms with Crippen LogP contribution < -0.4 is 0 Å². The van der Waals surface area contributed by atoms with E-state index < -0.39 is 0 Å². The first-order valence-corrected chi connectivity index (χ1v) is 7.10. The highest BCUT2D eigenvalue weighted by molar-refractivity contribution is 5.69. The highest BCUT2D eigenvalue weighted by atomic mass is 16.5. The van der Waals surface area contributed by atoms with Gasteiger partial charge in [-0.05, 0) is 12.8 Å². The second-order valence-corrected chi connectivity index (χ2v) is 4.81. The van der Waals surface area contributed by atoms with Crippen LogP contribution in [0.25, 0.3) is 0 Å². The van der Waals surface area contributed by atoms with Crippen LogP contribution in [0.5, 0.6) is 0 Å². The van der Waals surface area contributed by atoms with E-state index in [2.05, 4.69) is 6.92 Å². The molecule has 0 aromatic rings. The second kappa shape index (κ2) is 9.46. The van der Waals surface area contributed by atoms with Crippen LogP contribution in [-0.2, 0) is 14.3 Å². The first-order chi connectivity index (χ1) is 8.33. The second-order valence-electron chi connectivity index (χ2n) is 4.81. The smallest absolute Gasteiger partial charge is 0.305 e. The minimum Gasteiger partial charge on any atom is -0.466 e. The highest BCUT2D eigenvalue weighted by Gasteiger charge is 2.17. The van der Waals surface area contributed by atoms with E-state index in [0.717, 1.165) is 25.9 Å². The molecule has 1 aliphatic heterocycles. The van der Waals surface area contributed by atoms with Crippen molar-refractivity contribution >= 4 is 5.97 Å². The first kappa shape index (κ1) is 14.5. The first-order valence-electron chi connectivity index (χ1n) is 7.10. The van der Waals surface area contributed by atoms with Crippen molar-refractivity contribution in [3.05, 3.63) is 0 Å². The number of unbranched alkanes of at least 4 members (excludes halogenated alkanes) is 5. The Hall–Kier alpha value is -0.570. The molecular formula is C14H26O3. The maximum absolute atomic E-state index is 11.0. The van der Waals surface area contributed by atoms with Gasteiger partial charge in [0.25, 0.3) is 0 Å². The lowest BCUT2D eigenvalue weighted by Crippen LogP contribution is -2.13. The summed E-state index contributed by atoms with van der Waals surface area (Å²) in [5, 5.41) is 0. The summed E-state index contributed by atoms with van der Waals surface area (Å²) in [4.78, 5) is 11.0. The molecule has 3 nitrogen and oxygen atoms in total. The summed E-state index contributed by atoms with van der Waals surface area (Å²) in [7, 11) is 0. The van der Waals surface area contributed by atoms with Gasteiger partial charge in [0, 0.05) is 19.4 Å². The van der Waals surface area contributed by atoms with E-state index in [9.17, 15) is 4.79 Å². The van der Waals surface area contributed by atoms with Gasteiger partial charge in [0.05, 0.1) is 12.7 Å². The van der Waals surface area contributed by atoms with Gasteiger partial charge in [0.2, 0.25) is 0 Å². The Morgan fingerprint density at radius 2 is 1.94 bits per heavy atom. The number of cyclic esters (lactones) is 1. The van der Waals surface area contributed by atoms with Gasteiger partial charge < -0.3 is 9.47 Å². The van der Waals surface area contributed by atoms with E-state index in [4.69, 9.17) is 9.47 Å². The normalized spacial score (nSPS) is 21.0. The number of rotatable bonds is 8. The Morgan fingerprint density at radius 3 is 2.76 bits per heavy atom. The third-order valence-corrected chi connectivity index (χ3v) is 3.22. The topological polar surface area (TPSA) is 35.5 Å². The van der Waals surface area contributed by atoms with Crippen LogP contribution in [-0.4, -0.2) is 25.3 Å². The van der Waals surface area contributed by atoms with Gasteiger partial charge in [-0.25, -0.2) is 0 Å². The molecule has 0 bridgehead atoms. The van der Waals surface area contributed by atoms with Gasteiger partial charge >= 0.3 is 5.97 Å². The quantitative estimate of drug-likeness (QED) is 0.483. The fourth-order valence-electron chi connectivity index (χ4n) is 2.10. The molecule has 1 saturated heterocycles. The van der Waals surface area contributed by atoms with Crippen molar-refractivity contribution in [1.29, 1.82) is 0 Å². The van der Waals surface area contributed by atoms with Gasteiger partial charge in [-0.2, -0.15) is 0 Å². The molecule has 17 heavy (non-hydrogen) atoms. The number of ether oxygens (including phenoxy) is 2. The van der Waals surface area contributed by atoms with E-state index in [-0.39, 0.29) is 12.1 Å². The van der Waals surface area contributed by atoms with Gasteiger partial charge in [-0.1, -0.05) is 39.0 Å². The van der Waals surface area contributed by atoms with Crippen molar-refractivity contribution in [1.82, 2.24) is 0 Å². The molecule has 1 rings (SSSR count). The van der Waals surface area contributed by atoms with Crippen molar-refractivity contribution < 1.29 is 14.3 Å². The molecule has 0 amide bonds. The maximum Gasteiger partial charge on any atom is 0.305 e. The molecule has 0 aromatic carbocycles. The van der Waals surface area contributed by atoms with Crippen LogP contribution in [0.2, 0.25) is 0 Å².